The molecule has 0 spiro atoms. The lowest BCUT2D eigenvalue weighted by Gasteiger charge is -2.12. The Labute approximate surface area is 138 Å². The molecule has 5 nitrogen and oxygen atoms in total. The monoisotopic (exact) mass is 361 g/mol. The van der Waals surface area contributed by atoms with E-state index in [1.54, 1.807) is 18.2 Å². The summed E-state index contributed by atoms with van der Waals surface area (Å²) < 4.78 is 36.5. The van der Waals surface area contributed by atoms with Crippen LogP contribution in [-0.2, 0) is 10.0 Å². The van der Waals surface area contributed by atoms with Crippen molar-refractivity contribution in [3.05, 3.63) is 46.4 Å². The highest BCUT2D eigenvalue weighted by atomic mass is 35.5. The van der Waals surface area contributed by atoms with Gasteiger partial charge in [0.15, 0.2) is 11.5 Å². The Bertz CT molecular complexity index is 793. The van der Waals surface area contributed by atoms with Crippen LogP contribution in [0.1, 0.15) is 0 Å². The summed E-state index contributed by atoms with van der Waals surface area (Å²) in [7, 11) is -0.746. The third-order valence-corrected chi connectivity index (χ3v) is 4.77. The molecule has 0 fully saturated rings. The largest absolute Gasteiger partial charge is 0.493 e. The lowest BCUT2D eigenvalue weighted by Crippen LogP contribution is -2.18. The van der Waals surface area contributed by atoms with Gasteiger partial charge in [-0.25, -0.2) is 13.1 Å². The molecule has 0 bridgehead atoms. The van der Waals surface area contributed by atoms with Crippen LogP contribution in [0.4, 0.5) is 0 Å². The molecule has 8 heteroatoms. The van der Waals surface area contributed by atoms with Crippen molar-refractivity contribution in [3.8, 4) is 17.2 Å². The number of sulfonamides is 1. The molecule has 2 rings (SSSR count). The van der Waals surface area contributed by atoms with Crippen LogP contribution in [0.15, 0.2) is 41.3 Å². The molecule has 0 amide bonds. The molecule has 2 aromatic carbocycles. The Morgan fingerprint density at radius 2 is 1.68 bits per heavy atom. The minimum absolute atomic E-state index is 0.0513. The van der Waals surface area contributed by atoms with Crippen molar-refractivity contribution in [2.45, 2.75) is 4.90 Å². The van der Waals surface area contributed by atoms with Gasteiger partial charge in [0.25, 0.3) is 0 Å². The van der Waals surface area contributed by atoms with Gasteiger partial charge < -0.3 is 9.47 Å². The number of hydrogen-bond donors (Lipinski definition) is 1. The first-order valence-electron chi connectivity index (χ1n) is 6.12. The van der Waals surface area contributed by atoms with Gasteiger partial charge in [-0.05, 0) is 37.4 Å². The molecular formula is C14H13Cl2NO4S. The van der Waals surface area contributed by atoms with Gasteiger partial charge in [0.2, 0.25) is 10.0 Å². The number of methoxy groups -OCH3 is 1. The maximum Gasteiger partial charge on any atom is 0.240 e. The van der Waals surface area contributed by atoms with Crippen LogP contribution in [0.2, 0.25) is 10.0 Å². The topological polar surface area (TPSA) is 64.6 Å². The van der Waals surface area contributed by atoms with E-state index in [4.69, 9.17) is 32.7 Å². The minimum Gasteiger partial charge on any atom is -0.493 e. The van der Waals surface area contributed by atoms with Crippen molar-refractivity contribution >= 4 is 33.2 Å². The Morgan fingerprint density at radius 1 is 1.00 bits per heavy atom. The first-order valence-corrected chi connectivity index (χ1v) is 8.36. The fourth-order valence-corrected chi connectivity index (χ4v) is 2.90. The van der Waals surface area contributed by atoms with Crippen LogP contribution in [0, 0.1) is 0 Å². The van der Waals surface area contributed by atoms with E-state index in [9.17, 15) is 8.42 Å². The van der Waals surface area contributed by atoms with E-state index < -0.39 is 10.0 Å². The summed E-state index contributed by atoms with van der Waals surface area (Å²) in [4.78, 5) is 0.0513. The average molecular weight is 362 g/mol. The van der Waals surface area contributed by atoms with Gasteiger partial charge in [0.05, 0.1) is 17.0 Å². The molecule has 0 saturated heterocycles. The molecule has 0 aliphatic rings. The van der Waals surface area contributed by atoms with Gasteiger partial charge in [0.1, 0.15) is 5.75 Å². The highest BCUT2D eigenvalue weighted by Gasteiger charge is 2.15. The van der Waals surface area contributed by atoms with Crippen molar-refractivity contribution in [2.24, 2.45) is 0 Å². The maximum atomic E-state index is 11.7. The Hall–Kier alpha value is -1.47. The molecule has 0 radical (unpaired) electrons. The fraction of sp³-hybridized carbons (Fsp3) is 0.143. The van der Waals surface area contributed by atoms with E-state index in [-0.39, 0.29) is 9.92 Å². The SMILES string of the molecule is CNS(=O)(=O)c1ccc(Oc2ccc(Cl)cc2OC)c(Cl)c1. The molecule has 0 aliphatic carbocycles. The highest BCUT2D eigenvalue weighted by Crippen LogP contribution is 2.37. The van der Waals surface area contributed by atoms with Crippen LogP contribution in [-0.4, -0.2) is 22.6 Å². The summed E-state index contributed by atoms with van der Waals surface area (Å²) in [5.41, 5.74) is 0. The number of benzene rings is 2. The number of hydrogen-bond acceptors (Lipinski definition) is 4. The molecule has 0 heterocycles. The Kier molecular flexibility index (Phi) is 5.18. The Balaban J connectivity index is 2.36. The second kappa shape index (κ2) is 6.75. The van der Waals surface area contributed by atoms with Crippen molar-refractivity contribution < 1.29 is 17.9 Å². The zero-order chi connectivity index (χ0) is 16.3. The molecule has 0 aromatic heterocycles. The third kappa shape index (κ3) is 3.64. The third-order valence-electron chi connectivity index (χ3n) is 2.83. The van der Waals surface area contributed by atoms with Crippen LogP contribution >= 0.6 is 23.2 Å². The zero-order valence-electron chi connectivity index (χ0n) is 11.8. The summed E-state index contributed by atoms with van der Waals surface area (Å²) in [5, 5.41) is 0.666. The molecule has 2 aromatic rings. The van der Waals surface area contributed by atoms with Gasteiger partial charge in [-0.1, -0.05) is 23.2 Å². The molecule has 0 unspecified atom stereocenters. The van der Waals surface area contributed by atoms with E-state index in [1.165, 1.54) is 32.4 Å². The minimum atomic E-state index is -3.56. The van der Waals surface area contributed by atoms with Gasteiger partial charge in [0, 0.05) is 11.1 Å². The number of rotatable bonds is 5. The number of halogens is 2. The predicted octanol–water partition coefficient (Wildman–Crippen LogP) is 3.70. The van der Waals surface area contributed by atoms with Gasteiger partial charge in [-0.3, -0.25) is 0 Å². The van der Waals surface area contributed by atoms with Crippen molar-refractivity contribution in [1.29, 1.82) is 0 Å². The highest BCUT2D eigenvalue weighted by molar-refractivity contribution is 7.89. The predicted molar refractivity (Wildman–Crippen MR) is 85.8 cm³/mol. The van der Waals surface area contributed by atoms with E-state index in [2.05, 4.69) is 4.72 Å². The van der Waals surface area contributed by atoms with Crippen LogP contribution in [0.5, 0.6) is 17.2 Å². The number of nitrogens with one attached hydrogen (secondary N) is 1. The average Bonchev–Trinajstić information content (AvgIpc) is 2.50. The first kappa shape index (κ1) is 16.9. The smallest absolute Gasteiger partial charge is 0.240 e. The lowest BCUT2D eigenvalue weighted by molar-refractivity contribution is 0.379. The van der Waals surface area contributed by atoms with E-state index >= 15 is 0 Å². The summed E-state index contributed by atoms with van der Waals surface area (Å²) in [6.07, 6.45) is 0. The molecular weight excluding hydrogens is 349 g/mol. The van der Waals surface area contributed by atoms with Crippen molar-refractivity contribution in [2.75, 3.05) is 14.2 Å². The van der Waals surface area contributed by atoms with E-state index in [1.807, 2.05) is 0 Å². The quantitative estimate of drug-likeness (QED) is 0.881. The number of ether oxygens (including phenoxy) is 2. The van der Waals surface area contributed by atoms with E-state index in [0.29, 0.717) is 22.3 Å². The summed E-state index contributed by atoms with van der Waals surface area (Å²) in [6, 6.07) is 9.06. The fourth-order valence-electron chi connectivity index (χ4n) is 1.69. The van der Waals surface area contributed by atoms with Crippen LogP contribution in [0.25, 0.3) is 0 Å². The summed E-state index contributed by atoms with van der Waals surface area (Å²) in [5.74, 6) is 1.16. The van der Waals surface area contributed by atoms with Crippen molar-refractivity contribution in [1.82, 2.24) is 4.72 Å². The zero-order valence-corrected chi connectivity index (χ0v) is 14.1. The molecule has 0 atom stereocenters. The summed E-state index contributed by atoms with van der Waals surface area (Å²) in [6.45, 7) is 0. The normalized spacial score (nSPS) is 11.3. The van der Waals surface area contributed by atoms with Crippen LogP contribution in [0.3, 0.4) is 0 Å². The van der Waals surface area contributed by atoms with Gasteiger partial charge >= 0.3 is 0 Å². The van der Waals surface area contributed by atoms with Crippen molar-refractivity contribution in [3.63, 3.8) is 0 Å². The molecule has 118 valence electrons. The molecule has 0 saturated carbocycles. The van der Waals surface area contributed by atoms with Gasteiger partial charge in [-0.15, -0.1) is 0 Å². The summed E-state index contributed by atoms with van der Waals surface area (Å²) >= 11 is 12.0. The molecule has 22 heavy (non-hydrogen) atoms. The molecule has 0 aliphatic heterocycles. The lowest BCUT2D eigenvalue weighted by atomic mass is 10.3. The maximum absolute atomic E-state index is 11.7. The van der Waals surface area contributed by atoms with Crippen LogP contribution < -0.4 is 14.2 Å². The van der Waals surface area contributed by atoms with E-state index in [0.717, 1.165) is 0 Å². The first-order chi connectivity index (χ1) is 10.4. The second-order valence-corrected chi connectivity index (χ2v) is 6.93. The Morgan fingerprint density at radius 3 is 2.27 bits per heavy atom. The van der Waals surface area contributed by atoms with Gasteiger partial charge in [-0.2, -0.15) is 0 Å². The standard InChI is InChI=1S/C14H13Cl2NO4S/c1-17-22(18,19)10-4-6-12(11(16)8-10)21-13-5-3-9(15)7-14(13)20-2/h3-8,17H,1-2H3. The second-order valence-electron chi connectivity index (χ2n) is 4.20. The molecule has 1 N–H and O–H groups in total.